The highest BCUT2D eigenvalue weighted by Crippen LogP contribution is 2.31. The lowest BCUT2D eigenvalue weighted by molar-refractivity contribution is -0.148. The molecule has 3 heterocycles. The topological polar surface area (TPSA) is 75.1 Å². The van der Waals surface area contributed by atoms with Crippen LogP contribution in [0.3, 0.4) is 0 Å². The molecule has 2 aliphatic rings. The summed E-state index contributed by atoms with van der Waals surface area (Å²) >= 11 is 0. The first-order valence-corrected chi connectivity index (χ1v) is 10.00. The third-order valence-corrected chi connectivity index (χ3v) is 5.37. The molecule has 1 amide bonds. The van der Waals surface area contributed by atoms with Crippen molar-refractivity contribution in [2.24, 2.45) is 7.05 Å². The Morgan fingerprint density at radius 3 is 2.63 bits per heavy atom. The van der Waals surface area contributed by atoms with E-state index in [1.54, 1.807) is 11.0 Å². The number of hydrogen-bond acceptors (Lipinski definition) is 6. The second kappa shape index (κ2) is 7.97. The van der Waals surface area contributed by atoms with Gasteiger partial charge in [0.25, 0.3) is 5.91 Å². The number of imidazole rings is 1. The molecule has 2 aliphatic heterocycles. The number of carbonyl (C=O) groups is 1. The summed E-state index contributed by atoms with van der Waals surface area (Å²) in [4.78, 5) is 19.8. The van der Waals surface area contributed by atoms with Gasteiger partial charge in [0.05, 0.1) is 37.3 Å². The summed E-state index contributed by atoms with van der Waals surface area (Å²) in [6.07, 6.45) is -1.20. The van der Waals surface area contributed by atoms with Crippen molar-refractivity contribution in [1.29, 1.82) is 0 Å². The summed E-state index contributed by atoms with van der Waals surface area (Å²) < 4.78 is 24.9. The van der Waals surface area contributed by atoms with Crippen molar-refractivity contribution in [3.05, 3.63) is 54.4 Å². The van der Waals surface area contributed by atoms with E-state index < -0.39 is 12.4 Å². The van der Waals surface area contributed by atoms with Crippen molar-refractivity contribution in [2.75, 3.05) is 26.4 Å². The van der Waals surface area contributed by atoms with Gasteiger partial charge in [0.2, 0.25) is 6.10 Å². The van der Waals surface area contributed by atoms with Crippen LogP contribution in [0.2, 0.25) is 0 Å². The summed E-state index contributed by atoms with van der Waals surface area (Å²) in [6.45, 7) is 1.81. The largest absolute Gasteiger partial charge is 0.485 e. The Balaban J connectivity index is 1.40. The molecule has 0 aliphatic carbocycles. The lowest BCUT2D eigenvalue weighted by atomic mass is 10.2. The minimum atomic E-state index is -0.740. The van der Waals surface area contributed by atoms with Crippen molar-refractivity contribution in [3.63, 3.8) is 0 Å². The quantitative estimate of drug-likeness (QED) is 0.643. The number of para-hydroxylation sites is 4. The van der Waals surface area contributed by atoms with Gasteiger partial charge in [-0.25, -0.2) is 4.98 Å². The third-order valence-electron chi connectivity index (χ3n) is 5.37. The number of benzene rings is 2. The second-order valence-electron chi connectivity index (χ2n) is 7.33. The maximum Gasteiger partial charge on any atom is 0.267 e. The second-order valence-corrected chi connectivity index (χ2v) is 7.33. The first kappa shape index (κ1) is 18.9. The molecule has 1 atom stereocenters. The molecular formula is C22H23N3O5. The lowest BCUT2D eigenvalue weighted by Gasteiger charge is -2.31. The molecule has 0 bridgehead atoms. The fourth-order valence-electron chi connectivity index (χ4n) is 3.78. The van der Waals surface area contributed by atoms with Crippen LogP contribution in [0.15, 0.2) is 48.5 Å². The van der Waals surface area contributed by atoms with E-state index in [0.29, 0.717) is 37.8 Å². The number of aromatic nitrogens is 2. The summed E-state index contributed by atoms with van der Waals surface area (Å²) in [7, 11) is 1.95. The molecule has 156 valence electrons. The normalized spacial score (nSPS) is 18.6. The minimum absolute atomic E-state index is 0.154. The Morgan fingerprint density at radius 1 is 1.10 bits per heavy atom. The molecule has 0 saturated carbocycles. The molecule has 30 heavy (non-hydrogen) atoms. The zero-order valence-electron chi connectivity index (χ0n) is 16.7. The third kappa shape index (κ3) is 3.59. The maximum absolute atomic E-state index is 13.4. The molecule has 1 saturated heterocycles. The van der Waals surface area contributed by atoms with Crippen molar-refractivity contribution in [2.45, 2.75) is 18.9 Å². The van der Waals surface area contributed by atoms with E-state index in [1.807, 2.05) is 54.1 Å². The Kier molecular flexibility index (Phi) is 5.02. The van der Waals surface area contributed by atoms with Gasteiger partial charge in [-0.2, -0.15) is 0 Å². The smallest absolute Gasteiger partial charge is 0.267 e. The van der Waals surface area contributed by atoms with Crippen LogP contribution in [0.4, 0.5) is 0 Å². The van der Waals surface area contributed by atoms with Gasteiger partial charge in [-0.15, -0.1) is 0 Å². The number of carbonyl (C=O) groups excluding carboxylic acids is 1. The van der Waals surface area contributed by atoms with Gasteiger partial charge in [0, 0.05) is 7.05 Å². The standard InChI is InChI=1S/C22H23N3O5/c1-24-16-7-3-2-6-15(16)23-20(24)12-25(13-21-27-10-11-28-21)22(26)19-14-29-17-8-4-5-9-18(17)30-19/h2-9,19,21H,10-14H2,1H3. The van der Waals surface area contributed by atoms with E-state index in [4.69, 9.17) is 23.9 Å². The Hall–Kier alpha value is -3.10. The van der Waals surface area contributed by atoms with Gasteiger partial charge in [-0.3, -0.25) is 4.79 Å². The van der Waals surface area contributed by atoms with E-state index in [2.05, 4.69) is 0 Å². The van der Waals surface area contributed by atoms with Crippen LogP contribution in [0.1, 0.15) is 5.82 Å². The van der Waals surface area contributed by atoms with Gasteiger partial charge in [-0.05, 0) is 24.3 Å². The molecule has 1 unspecified atom stereocenters. The molecule has 0 N–H and O–H groups in total. The van der Waals surface area contributed by atoms with E-state index >= 15 is 0 Å². The SMILES string of the molecule is Cn1c(CN(CC2OCCO2)C(=O)C2COc3ccccc3O2)nc2ccccc21. The van der Waals surface area contributed by atoms with Crippen molar-refractivity contribution in [1.82, 2.24) is 14.5 Å². The average molecular weight is 409 g/mol. The zero-order chi connectivity index (χ0) is 20.5. The maximum atomic E-state index is 13.4. The van der Waals surface area contributed by atoms with E-state index in [0.717, 1.165) is 16.9 Å². The number of ether oxygens (including phenoxy) is 4. The monoisotopic (exact) mass is 409 g/mol. The fraction of sp³-hybridized carbons (Fsp3) is 0.364. The van der Waals surface area contributed by atoms with Gasteiger partial charge < -0.3 is 28.4 Å². The van der Waals surface area contributed by atoms with Gasteiger partial charge in [0.1, 0.15) is 12.4 Å². The number of aryl methyl sites for hydroxylation is 1. The Morgan fingerprint density at radius 2 is 1.83 bits per heavy atom. The van der Waals surface area contributed by atoms with Crippen LogP contribution in [-0.4, -0.2) is 59.1 Å². The number of amides is 1. The van der Waals surface area contributed by atoms with Gasteiger partial charge in [-0.1, -0.05) is 24.3 Å². The van der Waals surface area contributed by atoms with Crippen LogP contribution < -0.4 is 9.47 Å². The molecule has 0 radical (unpaired) electrons. The number of hydrogen-bond donors (Lipinski definition) is 0. The Bertz CT molecular complexity index is 1060. The van der Waals surface area contributed by atoms with Crippen LogP contribution in [0.5, 0.6) is 11.5 Å². The van der Waals surface area contributed by atoms with Gasteiger partial charge in [0.15, 0.2) is 17.8 Å². The average Bonchev–Trinajstić information content (AvgIpc) is 3.41. The molecule has 1 aromatic heterocycles. The van der Waals surface area contributed by atoms with Crippen LogP contribution in [0.25, 0.3) is 11.0 Å². The molecule has 1 fully saturated rings. The van der Waals surface area contributed by atoms with Crippen molar-refractivity contribution in [3.8, 4) is 11.5 Å². The van der Waals surface area contributed by atoms with Gasteiger partial charge >= 0.3 is 0 Å². The first-order chi connectivity index (χ1) is 14.7. The highest BCUT2D eigenvalue weighted by atomic mass is 16.7. The number of fused-ring (bicyclic) bond motifs is 2. The molecular weight excluding hydrogens is 386 g/mol. The highest BCUT2D eigenvalue weighted by Gasteiger charge is 2.34. The first-order valence-electron chi connectivity index (χ1n) is 10.00. The molecule has 3 aromatic rings. The lowest BCUT2D eigenvalue weighted by Crippen LogP contribution is -2.48. The van der Waals surface area contributed by atoms with Crippen LogP contribution in [-0.2, 0) is 27.9 Å². The minimum Gasteiger partial charge on any atom is -0.485 e. The Labute approximate surface area is 173 Å². The summed E-state index contributed by atoms with van der Waals surface area (Å²) in [6, 6.07) is 15.2. The summed E-state index contributed by atoms with van der Waals surface area (Å²) in [5, 5.41) is 0. The summed E-state index contributed by atoms with van der Waals surface area (Å²) in [5.41, 5.74) is 1.90. The van der Waals surface area contributed by atoms with E-state index in [9.17, 15) is 4.79 Å². The molecule has 5 rings (SSSR count). The van der Waals surface area contributed by atoms with Crippen LogP contribution in [0, 0.1) is 0 Å². The molecule has 2 aromatic carbocycles. The zero-order valence-corrected chi connectivity index (χ0v) is 16.7. The van der Waals surface area contributed by atoms with Crippen molar-refractivity contribution < 1.29 is 23.7 Å². The fourth-order valence-corrected chi connectivity index (χ4v) is 3.78. The number of rotatable bonds is 5. The van der Waals surface area contributed by atoms with E-state index in [-0.39, 0.29) is 12.5 Å². The highest BCUT2D eigenvalue weighted by molar-refractivity contribution is 5.82. The predicted octanol–water partition coefficient (Wildman–Crippen LogP) is 2.11. The van der Waals surface area contributed by atoms with Crippen molar-refractivity contribution >= 4 is 16.9 Å². The molecule has 8 nitrogen and oxygen atoms in total. The molecule has 0 spiro atoms. The predicted molar refractivity (Wildman–Crippen MR) is 108 cm³/mol. The van der Waals surface area contributed by atoms with E-state index in [1.165, 1.54) is 0 Å². The van der Waals surface area contributed by atoms with Crippen LogP contribution >= 0.6 is 0 Å². The number of nitrogens with zero attached hydrogens (tertiary/aromatic N) is 3. The molecule has 8 heteroatoms. The summed E-state index contributed by atoms with van der Waals surface area (Å²) in [5.74, 6) is 1.80.